The summed E-state index contributed by atoms with van der Waals surface area (Å²) in [5, 5.41) is 2.39. The van der Waals surface area contributed by atoms with Gasteiger partial charge in [0, 0.05) is 35.9 Å². The Bertz CT molecular complexity index is 872. The smallest absolute Gasteiger partial charge is 0.230 e. The SMILES string of the molecule is Cc1cc(OCc2ccc(C(C)C3CC(=O)NC3=O)cc2)cc(C2CC2)n1. The molecule has 1 aromatic carbocycles. The first kappa shape index (κ1) is 17.7. The minimum Gasteiger partial charge on any atom is -0.489 e. The molecule has 2 aliphatic rings. The number of hydrogen-bond donors (Lipinski definition) is 1. The fourth-order valence-electron chi connectivity index (χ4n) is 3.63. The van der Waals surface area contributed by atoms with E-state index in [1.54, 1.807) is 0 Å². The molecule has 1 aliphatic carbocycles. The third kappa shape index (κ3) is 4.02. The summed E-state index contributed by atoms with van der Waals surface area (Å²) < 4.78 is 5.97. The van der Waals surface area contributed by atoms with Gasteiger partial charge in [0.1, 0.15) is 12.4 Å². The van der Waals surface area contributed by atoms with Crippen LogP contribution >= 0.6 is 0 Å². The van der Waals surface area contributed by atoms with Crippen molar-refractivity contribution in [3.05, 3.63) is 58.9 Å². The van der Waals surface area contributed by atoms with Crippen molar-refractivity contribution >= 4 is 11.8 Å². The van der Waals surface area contributed by atoms with Crippen molar-refractivity contribution in [2.24, 2.45) is 5.92 Å². The van der Waals surface area contributed by atoms with Crippen LogP contribution < -0.4 is 10.1 Å². The van der Waals surface area contributed by atoms with Gasteiger partial charge in [-0.05, 0) is 36.8 Å². The van der Waals surface area contributed by atoms with Gasteiger partial charge in [-0.15, -0.1) is 0 Å². The van der Waals surface area contributed by atoms with E-state index in [1.807, 2.05) is 44.2 Å². The molecular weight excluding hydrogens is 340 g/mol. The zero-order valence-corrected chi connectivity index (χ0v) is 15.7. The first-order valence-corrected chi connectivity index (χ1v) is 9.53. The topological polar surface area (TPSA) is 68.3 Å². The van der Waals surface area contributed by atoms with Gasteiger partial charge in [0.25, 0.3) is 0 Å². The number of pyridine rings is 1. The highest BCUT2D eigenvalue weighted by Gasteiger charge is 2.35. The molecule has 1 aromatic heterocycles. The molecule has 0 bridgehead atoms. The number of carbonyl (C=O) groups excluding carboxylic acids is 2. The van der Waals surface area contributed by atoms with Gasteiger partial charge in [0.05, 0.1) is 5.92 Å². The van der Waals surface area contributed by atoms with E-state index in [4.69, 9.17) is 4.74 Å². The lowest BCUT2D eigenvalue weighted by atomic mass is 9.86. The van der Waals surface area contributed by atoms with E-state index in [2.05, 4.69) is 16.4 Å². The number of nitrogens with one attached hydrogen (secondary N) is 1. The molecule has 27 heavy (non-hydrogen) atoms. The molecule has 2 aromatic rings. The third-order valence-corrected chi connectivity index (χ3v) is 5.46. The van der Waals surface area contributed by atoms with E-state index in [1.165, 1.54) is 12.8 Å². The maximum Gasteiger partial charge on any atom is 0.230 e. The van der Waals surface area contributed by atoms with Crippen LogP contribution in [-0.2, 0) is 16.2 Å². The normalized spacial score (nSPS) is 20.4. The van der Waals surface area contributed by atoms with Crippen LogP contribution in [0.3, 0.4) is 0 Å². The minimum absolute atomic E-state index is 0.00960. The van der Waals surface area contributed by atoms with E-state index >= 15 is 0 Å². The van der Waals surface area contributed by atoms with Gasteiger partial charge >= 0.3 is 0 Å². The largest absolute Gasteiger partial charge is 0.489 e. The Labute approximate surface area is 159 Å². The Morgan fingerprint density at radius 2 is 1.93 bits per heavy atom. The van der Waals surface area contributed by atoms with E-state index in [-0.39, 0.29) is 30.1 Å². The number of aromatic nitrogens is 1. The molecule has 2 heterocycles. The Morgan fingerprint density at radius 1 is 1.19 bits per heavy atom. The molecule has 2 atom stereocenters. The molecule has 0 spiro atoms. The standard InChI is InChI=1S/C22H24N2O3/c1-13-9-18(10-20(23-13)17-7-8-17)27-12-15-3-5-16(6-4-15)14(2)19-11-21(25)24-22(19)26/h3-6,9-10,14,17,19H,7-8,11-12H2,1-2H3,(H,24,25,26). The lowest BCUT2D eigenvalue weighted by Gasteiger charge is -2.17. The summed E-state index contributed by atoms with van der Waals surface area (Å²) in [7, 11) is 0. The summed E-state index contributed by atoms with van der Waals surface area (Å²) in [6.45, 7) is 4.48. The van der Waals surface area contributed by atoms with Crippen LogP contribution in [0.25, 0.3) is 0 Å². The summed E-state index contributed by atoms with van der Waals surface area (Å²) in [5.74, 6) is 0.853. The van der Waals surface area contributed by atoms with Crippen molar-refractivity contribution < 1.29 is 14.3 Å². The van der Waals surface area contributed by atoms with Gasteiger partial charge in [0.2, 0.25) is 11.8 Å². The van der Waals surface area contributed by atoms with Gasteiger partial charge < -0.3 is 4.74 Å². The van der Waals surface area contributed by atoms with Crippen molar-refractivity contribution in [3.8, 4) is 5.75 Å². The number of imide groups is 1. The van der Waals surface area contributed by atoms with E-state index < -0.39 is 0 Å². The average Bonchev–Trinajstić information content (AvgIpc) is 3.44. The molecule has 2 fully saturated rings. The lowest BCUT2D eigenvalue weighted by Crippen LogP contribution is -2.24. The van der Waals surface area contributed by atoms with Crippen molar-refractivity contribution in [3.63, 3.8) is 0 Å². The van der Waals surface area contributed by atoms with E-state index in [0.29, 0.717) is 12.5 Å². The first-order chi connectivity index (χ1) is 13.0. The Hall–Kier alpha value is -2.69. The van der Waals surface area contributed by atoms with Crippen LogP contribution in [0.2, 0.25) is 0 Å². The Balaban J connectivity index is 1.39. The highest BCUT2D eigenvalue weighted by atomic mass is 16.5. The van der Waals surface area contributed by atoms with Crippen LogP contribution in [0, 0.1) is 12.8 Å². The summed E-state index contributed by atoms with van der Waals surface area (Å²) in [5.41, 5.74) is 4.26. The molecule has 1 saturated heterocycles. The number of rotatable bonds is 6. The van der Waals surface area contributed by atoms with E-state index in [0.717, 1.165) is 28.3 Å². The van der Waals surface area contributed by atoms with Gasteiger partial charge in [0.15, 0.2) is 0 Å². The number of ether oxygens (including phenoxy) is 1. The molecule has 1 aliphatic heterocycles. The molecule has 1 N–H and O–H groups in total. The second kappa shape index (κ2) is 7.14. The van der Waals surface area contributed by atoms with Gasteiger partial charge in [-0.3, -0.25) is 19.9 Å². The second-order valence-electron chi connectivity index (χ2n) is 7.69. The number of aryl methyl sites for hydroxylation is 1. The summed E-state index contributed by atoms with van der Waals surface area (Å²) in [6.07, 6.45) is 2.72. The highest BCUT2D eigenvalue weighted by molar-refractivity contribution is 6.03. The number of benzene rings is 1. The molecule has 140 valence electrons. The van der Waals surface area contributed by atoms with Crippen LogP contribution in [0.4, 0.5) is 0 Å². The summed E-state index contributed by atoms with van der Waals surface area (Å²) >= 11 is 0. The molecule has 1 saturated carbocycles. The Kier molecular flexibility index (Phi) is 4.68. The van der Waals surface area contributed by atoms with Gasteiger partial charge in [-0.25, -0.2) is 0 Å². The van der Waals surface area contributed by atoms with Crippen molar-refractivity contribution in [2.45, 2.75) is 51.6 Å². The lowest BCUT2D eigenvalue weighted by molar-refractivity contribution is -0.126. The second-order valence-corrected chi connectivity index (χ2v) is 7.69. The summed E-state index contributed by atoms with van der Waals surface area (Å²) in [4.78, 5) is 27.9. The van der Waals surface area contributed by atoms with Crippen LogP contribution in [0.5, 0.6) is 5.75 Å². The van der Waals surface area contributed by atoms with Crippen molar-refractivity contribution in [1.29, 1.82) is 0 Å². The fourth-order valence-corrected chi connectivity index (χ4v) is 3.63. The molecule has 5 nitrogen and oxygen atoms in total. The van der Waals surface area contributed by atoms with E-state index in [9.17, 15) is 9.59 Å². The first-order valence-electron chi connectivity index (χ1n) is 9.53. The van der Waals surface area contributed by atoms with Gasteiger partial charge in [-0.2, -0.15) is 0 Å². The van der Waals surface area contributed by atoms with Gasteiger partial charge in [-0.1, -0.05) is 31.2 Å². The molecule has 2 amide bonds. The summed E-state index contributed by atoms with van der Waals surface area (Å²) in [6, 6.07) is 12.1. The molecule has 0 radical (unpaired) electrons. The van der Waals surface area contributed by atoms with Crippen LogP contribution in [-0.4, -0.2) is 16.8 Å². The average molecular weight is 364 g/mol. The highest BCUT2D eigenvalue weighted by Crippen LogP contribution is 2.40. The monoisotopic (exact) mass is 364 g/mol. The Morgan fingerprint density at radius 3 is 2.56 bits per heavy atom. The number of amides is 2. The van der Waals surface area contributed by atoms with Crippen LogP contribution in [0.15, 0.2) is 36.4 Å². The zero-order valence-electron chi connectivity index (χ0n) is 15.7. The molecule has 5 heteroatoms. The molecular formula is C22H24N2O3. The number of nitrogens with zero attached hydrogens (tertiary/aromatic N) is 1. The zero-order chi connectivity index (χ0) is 19.0. The van der Waals surface area contributed by atoms with Crippen LogP contribution in [0.1, 0.15) is 60.5 Å². The quantitative estimate of drug-likeness (QED) is 0.795. The maximum absolute atomic E-state index is 11.9. The predicted molar refractivity (Wildman–Crippen MR) is 101 cm³/mol. The van der Waals surface area contributed by atoms with Crippen molar-refractivity contribution in [2.75, 3.05) is 0 Å². The third-order valence-electron chi connectivity index (χ3n) is 5.46. The fraction of sp³-hybridized carbons (Fsp3) is 0.409. The minimum atomic E-state index is -0.278. The molecule has 4 rings (SSSR count). The predicted octanol–water partition coefficient (Wildman–Crippen LogP) is 3.61. The number of carbonyl (C=O) groups is 2. The molecule has 2 unspecified atom stereocenters. The maximum atomic E-state index is 11.9. The van der Waals surface area contributed by atoms with Crippen molar-refractivity contribution in [1.82, 2.24) is 10.3 Å². The number of hydrogen-bond acceptors (Lipinski definition) is 4.